The molecule has 0 radical (unpaired) electrons. The summed E-state index contributed by atoms with van der Waals surface area (Å²) >= 11 is 6.06. The van der Waals surface area contributed by atoms with Crippen LogP contribution < -0.4 is 14.4 Å². The van der Waals surface area contributed by atoms with Gasteiger partial charge < -0.3 is 15.0 Å². The van der Waals surface area contributed by atoms with Crippen molar-refractivity contribution in [3.05, 3.63) is 88.9 Å². The van der Waals surface area contributed by atoms with Crippen molar-refractivity contribution < 1.29 is 22.7 Å². The molecule has 1 atom stereocenters. The van der Waals surface area contributed by atoms with Crippen molar-refractivity contribution in [3.8, 4) is 5.75 Å². The summed E-state index contributed by atoms with van der Waals surface area (Å²) in [6.07, 6.45) is 0.738. The highest BCUT2D eigenvalue weighted by molar-refractivity contribution is 7.92. The minimum absolute atomic E-state index is 0.0453. The largest absolute Gasteiger partial charge is 0.497 e. The van der Waals surface area contributed by atoms with Gasteiger partial charge >= 0.3 is 0 Å². The molecule has 208 valence electrons. The second kappa shape index (κ2) is 13.5. The number of amides is 2. The molecule has 0 heterocycles. The summed E-state index contributed by atoms with van der Waals surface area (Å²) in [5.41, 5.74) is 1.91. The Bertz CT molecular complexity index is 1380. The lowest BCUT2D eigenvalue weighted by atomic mass is 10.1. The third-order valence-corrected chi connectivity index (χ3v) is 8.25. The molecule has 0 unspecified atom stereocenters. The van der Waals surface area contributed by atoms with Crippen molar-refractivity contribution in [2.75, 3.05) is 24.5 Å². The van der Waals surface area contributed by atoms with Gasteiger partial charge in [-0.2, -0.15) is 0 Å². The van der Waals surface area contributed by atoms with Crippen molar-refractivity contribution in [2.45, 2.75) is 44.7 Å². The van der Waals surface area contributed by atoms with Gasteiger partial charge in [0, 0.05) is 18.1 Å². The molecule has 0 aliphatic carbocycles. The van der Waals surface area contributed by atoms with Crippen LogP contribution in [0.15, 0.2) is 77.7 Å². The predicted molar refractivity (Wildman–Crippen MR) is 153 cm³/mol. The first-order valence-corrected chi connectivity index (χ1v) is 14.4. The van der Waals surface area contributed by atoms with Crippen LogP contribution in [0.5, 0.6) is 5.75 Å². The van der Waals surface area contributed by atoms with Gasteiger partial charge in [0.25, 0.3) is 10.0 Å². The number of carbonyl (C=O) groups is 2. The third-order valence-electron chi connectivity index (χ3n) is 6.21. The molecule has 0 aliphatic heterocycles. The van der Waals surface area contributed by atoms with Gasteiger partial charge in [-0.1, -0.05) is 48.4 Å². The number of methoxy groups -OCH3 is 1. The van der Waals surface area contributed by atoms with Gasteiger partial charge in [-0.3, -0.25) is 13.9 Å². The van der Waals surface area contributed by atoms with Crippen LogP contribution in [0, 0.1) is 6.92 Å². The Hall–Kier alpha value is -3.56. The highest BCUT2D eigenvalue weighted by Gasteiger charge is 2.32. The van der Waals surface area contributed by atoms with Crippen molar-refractivity contribution in [3.63, 3.8) is 0 Å². The van der Waals surface area contributed by atoms with E-state index in [9.17, 15) is 18.0 Å². The fourth-order valence-electron chi connectivity index (χ4n) is 3.92. The molecule has 3 aromatic rings. The van der Waals surface area contributed by atoms with E-state index in [0.717, 1.165) is 21.9 Å². The van der Waals surface area contributed by atoms with Crippen LogP contribution in [0.2, 0.25) is 5.02 Å². The number of benzene rings is 3. The average molecular weight is 572 g/mol. The number of nitrogens with one attached hydrogen (secondary N) is 1. The zero-order valence-corrected chi connectivity index (χ0v) is 24.1. The Morgan fingerprint density at radius 1 is 1.03 bits per heavy atom. The zero-order valence-electron chi connectivity index (χ0n) is 22.6. The molecule has 10 heteroatoms. The van der Waals surface area contributed by atoms with Crippen LogP contribution in [-0.2, 0) is 26.2 Å². The Balaban J connectivity index is 2.02. The van der Waals surface area contributed by atoms with E-state index >= 15 is 0 Å². The summed E-state index contributed by atoms with van der Waals surface area (Å²) in [4.78, 5) is 28.2. The number of hydrogen-bond donors (Lipinski definition) is 1. The average Bonchev–Trinajstić information content (AvgIpc) is 2.93. The molecule has 2 amide bonds. The number of ether oxygens (including phenoxy) is 1. The number of rotatable bonds is 12. The van der Waals surface area contributed by atoms with Gasteiger partial charge in [-0.05, 0) is 74.4 Å². The lowest BCUT2D eigenvalue weighted by Gasteiger charge is -2.32. The lowest BCUT2D eigenvalue weighted by molar-refractivity contribution is -0.139. The molecule has 0 spiro atoms. The molecule has 3 rings (SSSR count). The van der Waals surface area contributed by atoms with Crippen LogP contribution in [0.3, 0.4) is 0 Å². The van der Waals surface area contributed by atoms with Crippen molar-refractivity contribution in [1.29, 1.82) is 0 Å². The van der Waals surface area contributed by atoms with Crippen molar-refractivity contribution in [2.24, 2.45) is 0 Å². The molecule has 1 N–H and O–H groups in total. The van der Waals surface area contributed by atoms with E-state index in [1.807, 2.05) is 19.9 Å². The molecular weight excluding hydrogens is 538 g/mol. The number of sulfonamides is 1. The van der Waals surface area contributed by atoms with Crippen LogP contribution in [0.1, 0.15) is 31.4 Å². The quantitative estimate of drug-likeness (QED) is 0.337. The second-order valence-corrected chi connectivity index (χ2v) is 11.4. The molecule has 0 saturated heterocycles. The van der Waals surface area contributed by atoms with E-state index in [2.05, 4.69) is 5.32 Å². The topological polar surface area (TPSA) is 96.0 Å². The van der Waals surface area contributed by atoms with Gasteiger partial charge in [-0.15, -0.1) is 0 Å². The predicted octanol–water partition coefficient (Wildman–Crippen LogP) is 4.80. The monoisotopic (exact) mass is 571 g/mol. The molecule has 39 heavy (non-hydrogen) atoms. The Morgan fingerprint density at radius 3 is 2.31 bits per heavy atom. The van der Waals surface area contributed by atoms with Crippen LogP contribution >= 0.6 is 11.6 Å². The molecule has 0 aliphatic rings. The normalized spacial score (nSPS) is 11.9. The van der Waals surface area contributed by atoms with Crippen LogP contribution in [-0.4, -0.2) is 51.4 Å². The maximum atomic E-state index is 13.9. The summed E-state index contributed by atoms with van der Waals surface area (Å²) in [6, 6.07) is 18.9. The molecule has 0 saturated carbocycles. The van der Waals surface area contributed by atoms with Gasteiger partial charge in [0.1, 0.15) is 18.3 Å². The first-order chi connectivity index (χ1) is 18.6. The van der Waals surface area contributed by atoms with Crippen molar-refractivity contribution in [1.82, 2.24) is 10.2 Å². The summed E-state index contributed by atoms with van der Waals surface area (Å²) in [6.45, 7) is 5.44. The number of aryl methyl sites for hydroxylation is 1. The summed E-state index contributed by atoms with van der Waals surface area (Å²) in [5.74, 6) is -0.261. The smallest absolute Gasteiger partial charge is 0.264 e. The minimum Gasteiger partial charge on any atom is -0.497 e. The van der Waals surface area contributed by atoms with Crippen molar-refractivity contribution >= 4 is 39.1 Å². The number of anilines is 1. The van der Waals surface area contributed by atoms with E-state index in [4.69, 9.17) is 16.3 Å². The summed E-state index contributed by atoms with van der Waals surface area (Å²) in [7, 11) is -2.59. The lowest BCUT2D eigenvalue weighted by Crippen LogP contribution is -2.51. The molecule has 0 bridgehead atoms. The fourth-order valence-corrected chi connectivity index (χ4v) is 5.46. The Kier molecular flexibility index (Phi) is 10.4. The van der Waals surface area contributed by atoms with Gasteiger partial charge in [0.05, 0.1) is 17.7 Å². The highest BCUT2D eigenvalue weighted by atomic mass is 35.5. The fraction of sp³-hybridized carbons (Fsp3) is 0.310. The number of carbonyl (C=O) groups excluding carboxylic acids is 2. The van der Waals surface area contributed by atoms with E-state index in [1.165, 1.54) is 17.0 Å². The van der Waals surface area contributed by atoms with E-state index < -0.39 is 28.5 Å². The second-order valence-electron chi connectivity index (χ2n) is 9.14. The molecular formula is C29H34ClN3O5S. The van der Waals surface area contributed by atoms with E-state index in [0.29, 0.717) is 17.3 Å². The number of hydrogen-bond acceptors (Lipinski definition) is 5. The zero-order chi connectivity index (χ0) is 28.6. The van der Waals surface area contributed by atoms with E-state index in [-0.39, 0.29) is 23.0 Å². The maximum absolute atomic E-state index is 13.9. The third kappa shape index (κ3) is 7.74. The van der Waals surface area contributed by atoms with Gasteiger partial charge in [-0.25, -0.2) is 8.42 Å². The maximum Gasteiger partial charge on any atom is 0.264 e. The number of nitrogens with zero attached hydrogens (tertiary/aromatic N) is 2. The van der Waals surface area contributed by atoms with Crippen LogP contribution in [0.4, 0.5) is 5.69 Å². The SMILES string of the molecule is CCCNC(=O)[C@@H](C)N(Cc1cccc(OC)c1)C(=O)CN(c1ccc(Cl)cc1)S(=O)(=O)c1ccc(C)cc1. The summed E-state index contributed by atoms with van der Waals surface area (Å²) in [5, 5.41) is 3.25. The van der Waals surface area contributed by atoms with E-state index in [1.54, 1.807) is 68.6 Å². The summed E-state index contributed by atoms with van der Waals surface area (Å²) < 4.78 is 34.0. The Morgan fingerprint density at radius 2 is 1.69 bits per heavy atom. The molecule has 8 nitrogen and oxygen atoms in total. The minimum atomic E-state index is -4.13. The molecule has 0 fully saturated rings. The molecule has 3 aromatic carbocycles. The van der Waals surface area contributed by atoms with Crippen LogP contribution in [0.25, 0.3) is 0 Å². The van der Waals surface area contributed by atoms with Gasteiger partial charge in [0.15, 0.2) is 0 Å². The molecule has 0 aromatic heterocycles. The van der Waals surface area contributed by atoms with Gasteiger partial charge in [0.2, 0.25) is 11.8 Å². The first kappa shape index (κ1) is 30.0. The number of halogens is 1. The standard InChI is InChI=1S/C29H34ClN3O5S/c1-5-17-31-29(35)22(3)32(19-23-7-6-8-26(18-23)38-4)28(34)20-33(25-13-11-24(30)12-14-25)39(36,37)27-15-9-21(2)10-16-27/h6-16,18,22H,5,17,19-20H2,1-4H3,(H,31,35)/t22-/m1/s1. The highest BCUT2D eigenvalue weighted by Crippen LogP contribution is 2.26. The Labute approximate surface area is 235 Å². The first-order valence-electron chi connectivity index (χ1n) is 12.6.